The van der Waals surface area contributed by atoms with Gasteiger partial charge in [-0.2, -0.15) is 0 Å². The van der Waals surface area contributed by atoms with E-state index in [1.165, 1.54) is 26.4 Å². The van der Waals surface area contributed by atoms with E-state index >= 15 is 0 Å². The van der Waals surface area contributed by atoms with E-state index in [0.717, 1.165) is 5.56 Å². The van der Waals surface area contributed by atoms with E-state index in [-0.39, 0.29) is 20.7 Å². The Labute approximate surface area is 196 Å². The van der Waals surface area contributed by atoms with Gasteiger partial charge in [0.05, 0.1) is 29.6 Å². The molecular formula is C24H24BrNO5S. The second-order valence-corrected chi connectivity index (χ2v) is 9.61. The molecule has 0 radical (unpaired) electrons. The zero-order chi connectivity index (χ0) is 23.5. The summed E-state index contributed by atoms with van der Waals surface area (Å²) in [5.41, 5.74) is 9.17. The SMILES string of the molecule is COC(=O)c1c(Cc2ccccc2)c(C)c(N)c(CBr)c1S(=O)(=O)c1ccc(OC)cc1. The summed E-state index contributed by atoms with van der Waals surface area (Å²) in [4.78, 5) is 12.9. The predicted octanol–water partition coefficient (Wildman–Crippen LogP) is 4.69. The Kier molecular flexibility index (Phi) is 7.26. The highest BCUT2D eigenvalue weighted by atomic mass is 79.9. The van der Waals surface area contributed by atoms with Gasteiger partial charge in [-0.05, 0) is 54.3 Å². The maximum atomic E-state index is 13.8. The van der Waals surface area contributed by atoms with Crippen LogP contribution in [0.15, 0.2) is 64.4 Å². The van der Waals surface area contributed by atoms with Gasteiger partial charge in [-0.25, -0.2) is 13.2 Å². The highest BCUT2D eigenvalue weighted by Crippen LogP contribution is 2.39. The molecule has 3 rings (SSSR count). The lowest BCUT2D eigenvalue weighted by molar-refractivity contribution is 0.0595. The first kappa shape index (κ1) is 23.8. The van der Waals surface area contributed by atoms with Gasteiger partial charge in [0.2, 0.25) is 9.84 Å². The third-order valence-electron chi connectivity index (χ3n) is 5.37. The number of hydrogen-bond donors (Lipinski definition) is 1. The molecule has 0 aliphatic rings. The number of methoxy groups -OCH3 is 2. The van der Waals surface area contributed by atoms with Gasteiger partial charge in [-0.1, -0.05) is 46.3 Å². The van der Waals surface area contributed by atoms with Gasteiger partial charge in [-0.15, -0.1) is 0 Å². The van der Waals surface area contributed by atoms with E-state index in [9.17, 15) is 13.2 Å². The quantitative estimate of drug-likeness (QED) is 0.277. The summed E-state index contributed by atoms with van der Waals surface area (Å²) in [5, 5.41) is 0.153. The third kappa shape index (κ3) is 4.38. The summed E-state index contributed by atoms with van der Waals surface area (Å²) in [6, 6.07) is 15.5. The van der Waals surface area contributed by atoms with Gasteiger partial charge in [0.15, 0.2) is 0 Å². The van der Waals surface area contributed by atoms with Crippen LogP contribution in [0.1, 0.15) is 32.6 Å². The third-order valence-corrected chi connectivity index (χ3v) is 7.81. The van der Waals surface area contributed by atoms with Crippen molar-refractivity contribution in [2.75, 3.05) is 20.0 Å². The standard InChI is InChI=1S/C24H24BrNO5S/c1-15-19(13-16-7-5-4-6-8-16)21(24(27)31-3)23(20(14-25)22(15)26)32(28,29)18-11-9-17(30-2)10-12-18/h4-12H,13-14,26H2,1-3H3. The number of rotatable bonds is 7. The highest BCUT2D eigenvalue weighted by molar-refractivity contribution is 9.08. The van der Waals surface area contributed by atoms with Crippen molar-refractivity contribution >= 4 is 37.4 Å². The average Bonchev–Trinajstić information content (AvgIpc) is 2.82. The number of carbonyl (C=O) groups is 1. The van der Waals surface area contributed by atoms with Crippen LogP contribution < -0.4 is 10.5 Å². The molecule has 6 nitrogen and oxygen atoms in total. The van der Waals surface area contributed by atoms with Crippen molar-refractivity contribution in [1.82, 2.24) is 0 Å². The molecule has 3 aromatic carbocycles. The molecule has 0 aliphatic heterocycles. The van der Waals surface area contributed by atoms with Gasteiger partial charge in [0, 0.05) is 16.6 Å². The maximum absolute atomic E-state index is 13.8. The number of anilines is 1. The van der Waals surface area contributed by atoms with Crippen LogP contribution in [0.5, 0.6) is 5.75 Å². The molecule has 0 spiro atoms. The monoisotopic (exact) mass is 517 g/mol. The van der Waals surface area contributed by atoms with E-state index in [1.807, 2.05) is 30.3 Å². The summed E-state index contributed by atoms with van der Waals surface area (Å²) in [7, 11) is -1.38. The molecule has 0 bridgehead atoms. The minimum absolute atomic E-state index is 0.00770. The molecule has 0 saturated heterocycles. The van der Waals surface area contributed by atoms with E-state index in [2.05, 4.69) is 15.9 Å². The van der Waals surface area contributed by atoms with Crippen molar-refractivity contribution in [3.05, 3.63) is 82.4 Å². The number of esters is 1. The molecule has 0 saturated carbocycles. The summed E-state index contributed by atoms with van der Waals surface area (Å²) < 4.78 is 37.8. The number of hydrogen-bond acceptors (Lipinski definition) is 6. The first-order chi connectivity index (χ1) is 15.3. The zero-order valence-electron chi connectivity index (χ0n) is 18.0. The smallest absolute Gasteiger partial charge is 0.339 e. The van der Waals surface area contributed by atoms with Gasteiger partial charge >= 0.3 is 5.97 Å². The fourth-order valence-electron chi connectivity index (χ4n) is 3.63. The summed E-state index contributed by atoms with van der Waals surface area (Å²) in [6.07, 6.45) is 0.328. The Morgan fingerprint density at radius 2 is 1.62 bits per heavy atom. The Hall–Kier alpha value is -2.84. The van der Waals surface area contributed by atoms with Crippen LogP contribution in [-0.2, 0) is 26.3 Å². The first-order valence-electron chi connectivity index (χ1n) is 9.77. The molecule has 0 fully saturated rings. The molecule has 2 N–H and O–H groups in total. The number of alkyl halides is 1. The van der Waals surface area contributed by atoms with Crippen LogP contribution in [0.3, 0.4) is 0 Å². The van der Waals surface area contributed by atoms with Crippen LogP contribution in [0, 0.1) is 6.92 Å². The highest BCUT2D eigenvalue weighted by Gasteiger charge is 2.33. The molecule has 0 amide bonds. The Morgan fingerprint density at radius 1 is 1.00 bits per heavy atom. The van der Waals surface area contributed by atoms with Crippen molar-refractivity contribution in [2.45, 2.75) is 28.5 Å². The molecule has 0 unspecified atom stereocenters. The summed E-state index contributed by atoms with van der Waals surface area (Å²) >= 11 is 3.36. The lowest BCUT2D eigenvalue weighted by atomic mass is 9.91. The molecule has 0 atom stereocenters. The van der Waals surface area contributed by atoms with E-state index in [4.69, 9.17) is 15.2 Å². The van der Waals surface area contributed by atoms with Gasteiger partial charge in [0.1, 0.15) is 5.75 Å². The van der Waals surface area contributed by atoms with Crippen molar-refractivity contribution in [3.8, 4) is 5.75 Å². The van der Waals surface area contributed by atoms with Crippen LogP contribution in [0.2, 0.25) is 0 Å². The fourth-order valence-corrected chi connectivity index (χ4v) is 6.11. The Morgan fingerprint density at radius 3 is 2.16 bits per heavy atom. The van der Waals surface area contributed by atoms with Gasteiger partial charge in [0.25, 0.3) is 0 Å². The largest absolute Gasteiger partial charge is 0.497 e. The lowest BCUT2D eigenvalue weighted by Gasteiger charge is -2.22. The number of nitrogens with two attached hydrogens (primary N) is 1. The molecule has 168 valence electrons. The minimum atomic E-state index is -4.11. The summed E-state index contributed by atoms with van der Waals surface area (Å²) in [6.45, 7) is 1.79. The van der Waals surface area contributed by atoms with Crippen molar-refractivity contribution in [3.63, 3.8) is 0 Å². The van der Waals surface area contributed by atoms with E-state index < -0.39 is 15.8 Å². The van der Waals surface area contributed by atoms with Crippen molar-refractivity contribution in [1.29, 1.82) is 0 Å². The predicted molar refractivity (Wildman–Crippen MR) is 127 cm³/mol. The molecule has 0 aromatic heterocycles. The van der Waals surface area contributed by atoms with Crippen LogP contribution in [0.25, 0.3) is 0 Å². The molecule has 32 heavy (non-hydrogen) atoms. The van der Waals surface area contributed by atoms with Crippen molar-refractivity contribution in [2.24, 2.45) is 0 Å². The minimum Gasteiger partial charge on any atom is -0.497 e. The molecule has 0 heterocycles. The van der Waals surface area contributed by atoms with Crippen LogP contribution in [-0.4, -0.2) is 28.6 Å². The number of nitrogen functional groups attached to an aromatic ring is 1. The van der Waals surface area contributed by atoms with Gasteiger partial charge < -0.3 is 15.2 Å². The number of ether oxygens (including phenoxy) is 2. The average molecular weight is 518 g/mol. The second kappa shape index (κ2) is 9.75. The number of benzene rings is 3. The summed E-state index contributed by atoms with van der Waals surface area (Å²) in [5.74, 6) is -0.209. The van der Waals surface area contributed by atoms with Crippen LogP contribution in [0.4, 0.5) is 5.69 Å². The molecule has 3 aromatic rings. The second-order valence-electron chi connectivity index (χ2n) is 7.17. The van der Waals surface area contributed by atoms with Gasteiger partial charge in [-0.3, -0.25) is 0 Å². The lowest BCUT2D eigenvalue weighted by Crippen LogP contribution is -2.19. The molecule has 8 heteroatoms. The first-order valence-corrected chi connectivity index (χ1v) is 12.4. The molecule has 0 aliphatic carbocycles. The topological polar surface area (TPSA) is 95.7 Å². The van der Waals surface area contributed by atoms with Crippen molar-refractivity contribution < 1.29 is 22.7 Å². The van der Waals surface area contributed by atoms with E-state index in [1.54, 1.807) is 19.1 Å². The number of carbonyl (C=O) groups excluding carboxylic acids is 1. The Balaban J connectivity index is 2.38. The van der Waals surface area contributed by atoms with E-state index in [0.29, 0.717) is 34.5 Å². The molecular weight excluding hydrogens is 494 g/mol. The van der Waals surface area contributed by atoms with Crippen LogP contribution >= 0.6 is 15.9 Å². The number of halogens is 1. The fraction of sp³-hybridized carbons (Fsp3) is 0.208. The zero-order valence-corrected chi connectivity index (χ0v) is 20.4. The maximum Gasteiger partial charge on any atom is 0.339 e. The number of sulfone groups is 1. The normalized spacial score (nSPS) is 11.2. The Bertz CT molecular complexity index is 1240.